The molecule has 1 fully saturated rings. The molecule has 0 aliphatic carbocycles. The Hall–Kier alpha value is -2.38. The molecule has 3 aromatic heterocycles. The van der Waals surface area contributed by atoms with E-state index < -0.39 is 0 Å². The number of hydrogen-bond acceptors (Lipinski definition) is 6. The van der Waals surface area contributed by atoms with Crippen molar-refractivity contribution in [3.8, 4) is 0 Å². The van der Waals surface area contributed by atoms with Gasteiger partial charge in [-0.05, 0) is 38.4 Å². The second kappa shape index (κ2) is 7.93. The summed E-state index contributed by atoms with van der Waals surface area (Å²) >= 11 is 6.46. The van der Waals surface area contributed by atoms with E-state index in [1.807, 2.05) is 35.9 Å². The normalized spacial score (nSPS) is 19.7. The second-order valence-electron chi connectivity index (χ2n) is 7.39. The summed E-state index contributed by atoms with van der Waals surface area (Å²) in [6.07, 6.45) is 7.84. The summed E-state index contributed by atoms with van der Waals surface area (Å²) in [4.78, 5) is 15.8. The van der Waals surface area contributed by atoms with E-state index >= 15 is 0 Å². The molecule has 0 radical (unpaired) electrons. The fourth-order valence-electron chi connectivity index (χ4n) is 3.97. The van der Waals surface area contributed by atoms with Gasteiger partial charge in [-0.3, -0.25) is 0 Å². The van der Waals surface area contributed by atoms with Gasteiger partial charge in [-0.25, -0.2) is 9.97 Å². The highest BCUT2D eigenvalue weighted by Gasteiger charge is 2.29. The third-order valence-electron chi connectivity index (χ3n) is 5.49. The fraction of sp³-hybridized carbons (Fsp3) is 0.450. The summed E-state index contributed by atoms with van der Waals surface area (Å²) in [5.41, 5.74) is 2.76. The predicted octanol–water partition coefficient (Wildman–Crippen LogP) is 3.65. The lowest BCUT2D eigenvalue weighted by molar-refractivity contribution is 0.309. The molecule has 2 atom stereocenters. The van der Waals surface area contributed by atoms with Gasteiger partial charge in [0.05, 0.1) is 11.9 Å². The van der Waals surface area contributed by atoms with Crippen molar-refractivity contribution in [3.05, 3.63) is 41.4 Å². The zero-order valence-electron chi connectivity index (χ0n) is 16.5. The molecule has 7 nitrogen and oxygen atoms in total. The predicted molar refractivity (Wildman–Crippen MR) is 114 cm³/mol. The van der Waals surface area contributed by atoms with E-state index in [9.17, 15) is 0 Å². The number of piperidine rings is 1. The molecule has 28 heavy (non-hydrogen) atoms. The van der Waals surface area contributed by atoms with Crippen LogP contribution in [-0.2, 0) is 0 Å². The highest BCUT2D eigenvalue weighted by atomic mass is 35.5. The highest BCUT2D eigenvalue weighted by molar-refractivity contribution is 6.32. The van der Waals surface area contributed by atoms with E-state index in [0.717, 1.165) is 48.8 Å². The van der Waals surface area contributed by atoms with Crippen molar-refractivity contribution in [2.75, 3.05) is 30.4 Å². The standard InChI is InChI=1S/C20H26ClN7/c1-4-14-10-22-7-5-17(14)27(3)19-16(21)11-23-20(26-19)25-15-6-8-28-12-13(2)24-18(28)9-15/h6,8-9,11-12,14,17,22H,4-5,7,10H2,1-3H3,(H,23,25,26). The minimum absolute atomic E-state index is 0.413. The number of aromatic nitrogens is 4. The smallest absolute Gasteiger partial charge is 0.229 e. The third kappa shape index (κ3) is 3.77. The molecule has 0 amide bonds. The summed E-state index contributed by atoms with van der Waals surface area (Å²) in [6.45, 7) is 6.27. The van der Waals surface area contributed by atoms with Crippen LogP contribution in [0.3, 0.4) is 0 Å². The summed E-state index contributed by atoms with van der Waals surface area (Å²) in [5, 5.41) is 7.34. The first-order valence-electron chi connectivity index (χ1n) is 9.73. The Morgan fingerprint density at radius 1 is 1.39 bits per heavy atom. The number of halogens is 1. The van der Waals surface area contributed by atoms with Crippen molar-refractivity contribution in [2.45, 2.75) is 32.7 Å². The first-order chi connectivity index (χ1) is 13.5. The molecule has 0 spiro atoms. The van der Waals surface area contributed by atoms with E-state index in [1.165, 1.54) is 0 Å². The molecule has 2 N–H and O–H groups in total. The minimum atomic E-state index is 0.413. The molecule has 3 aromatic rings. The van der Waals surface area contributed by atoms with Crippen molar-refractivity contribution in [2.24, 2.45) is 5.92 Å². The van der Waals surface area contributed by atoms with Crippen LogP contribution in [0.25, 0.3) is 5.65 Å². The molecule has 4 rings (SSSR count). The van der Waals surface area contributed by atoms with Gasteiger partial charge >= 0.3 is 0 Å². The molecule has 4 heterocycles. The largest absolute Gasteiger partial charge is 0.355 e. The Balaban J connectivity index is 1.58. The van der Waals surface area contributed by atoms with E-state index in [0.29, 0.717) is 22.9 Å². The van der Waals surface area contributed by atoms with Crippen molar-refractivity contribution in [1.82, 2.24) is 24.7 Å². The maximum absolute atomic E-state index is 6.46. The lowest BCUT2D eigenvalue weighted by Gasteiger charge is -2.39. The number of nitrogens with one attached hydrogen (secondary N) is 2. The third-order valence-corrected chi connectivity index (χ3v) is 5.75. The lowest BCUT2D eigenvalue weighted by Crippen LogP contribution is -2.48. The molecule has 148 valence electrons. The topological polar surface area (TPSA) is 70.4 Å². The number of pyridine rings is 1. The van der Waals surface area contributed by atoms with E-state index in [4.69, 9.17) is 16.6 Å². The maximum Gasteiger partial charge on any atom is 0.229 e. The average Bonchev–Trinajstić information content (AvgIpc) is 3.08. The Morgan fingerprint density at radius 3 is 3.07 bits per heavy atom. The van der Waals surface area contributed by atoms with Gasteiger partial charge < -0.3 is 19.9 Å². The van der Waals surface area contributed by atoms with Crippen molar-refractivity contribution in [3.63, 3.8) is 0 Å². The first kappa shape index (κ1) is 19.0. The quantitative estimate of drug-likeness (QED) is 0.682. The van der Waals surface area contributed by atoms with Gasteiger partial charge in [-0.15, -0.1) is 0 Å². The van der Waals surface area contributed by atoms with Crippen LogP contribution in [0.1, 0.15) is 25.5 Å². The SMILES string of the molecule is CCC1CNCCC1N(C)c1nc(Nc2ccn3cc(C)nc3c2)ncc1Cl. The molecular weight excluding hydrogens is 374 g/mol. The average molecular weight is 400 g/mol. The van der Waals surface area contributed by atoms with Crippen LogP contribution in [0.2, 0.25) is 5.02 Å². The van der Waals surface area contributed by atoms with Gasteiger partial charge in [0.25, 0.3) is 0 Å². The van der Waals surface area contributed by atoms with Crippen LogP contribution < -0.4 is 15.5 Å². The van der Waals surface area contributed by atoms with Crippen LogP contribution >= 0.6 is 11.6 Å². The van der Waals surface area contributed by atoms with Crippen LogP contribution in [0, 0.1) is 12.8 Å². The highest BCUT2D eigenvalue weighted by Crippen LogP contribution is 2.30. The van der Waals surface area contributed by atoms with Gasteiger partial charge in [0.15, 0.2) is 5.82 Å². The Morgan fingerprint density at radius 2 is 2.25 bits per heavy atom. The number of hydrogen-bond donors (Lipinski definition) is 2. The Labute approximate surface area is 170 Å². The molecule has 1 saturated heterocycles. The molecule has 0 bridgehead atoms. The molecule has 2 unspecified atom stereocenters. The van der Waals surface area contributed by atoms with Crippen LogP contribution in [0.15, 0.2) is 30.7 Å². The molecule has 0 saturated carbocycles. The van der Waals surface area contributed by atoms with Crippen molar-refractivity contribution >= 4 is 34.7 Å². The van der Waals surface area contributed by atoms with E-state index in [-0.39, 0.29) is 0 Å². The van der Waals surface area contributed by atoms with Gasteiger partial charge in [-0.2, -0.15) is 4.98 Å². The minimum Gasteiger partial charge on any atom is -0.355 e. The Kier molecular flexibility index (Phi) is 5.37. The van der Waals surface area contributed by atoms with Gasteiger partial charge in [0.2, 0.25) is 5.95 Å². The molecular formula is C20H26ClN7. The Bertz CT molecular complexity index is 970. The van der Waals surface area contributed by atoms with E-state index in [2.05, 4.69) is 39.5 Å². The maximum atomic E-state index is 6.46. The number of anilines is 3. The molecule has 1 aliphatic rings. The van der Waals surface area contributed by atoms with Crippen molar-refractivity contribution in [1.29, 1.82) is 0 Å². The van der Waals surface area contributed by atoms with Gasteiger partial charge in [0, 0.05) is 37.2 Å². The van der Waals surface area contributed by atoms with Gasteiger partial charge in [-0.1, -0.05) is 24.9 Å². The first-order valence-corrected chi connectivity index (χ1v) is 10.1. The van der Waals surface area contributed by atoms with E-state index in [1.54, 1.807) is 6.20 Å². The number of fused-ring (bicyclic) bond motifs is 1. The van der Waals surface area contributed by atoms with Crippen LogP contribution in [0.4, 0.5) is 17.5 Å². The summed E-state index contributed by atoms with van der Waals surface area (Å²) < 4.78 is 1.99. The molecule has 8 heteroatoms. The summed E-state index contributed by atoms with van der Waals surface area (Å²) in [7, 11) is 2.08. The number of imidazole rings is 1. The van der Waals surface area contributed by atoms with Crippen LogP contribution in [-0.4, -0.2) is 45.5 Å². The number of rotatable bonds is 5. The molecule has 0 aromatic carbocycles. The lowest BCUT2D eigenvalue weighted by atomic mass is 9.90. The summed E-state index contributed by atoms with van der Waals surface area (Å²) in [5.74, 6) is 1.87. The zero-order valence-corrected chi connectivity index (χ0v) is 17.2. The summed E-state index contributed by atoms with van der Waals surface area (Å²) in [6, 6.07) is 4.37. The van der Waals surface area contributed by atoms with Gasteiger partial charge in [0.1, 0.15) is 10.7 Å². The number of aryl methyl sites for hydroxylation is 1. The second-order valence-corrected chi connectivity index (χ2v) is 7.80. The fourth-order valence-corrected chi connectivity index (χ4v) is 4.20. The van der Waals surface area contributed by atoms with Crippen LogP contribution in [0.5, 0.6) is 0 Å². The molecule has 1 aliphatic heterocycles. The monoisotopic (exact) mass is 399 g/mol. The number of nitrogens with zero attached hydrogens (tertiary/aromatic N) is 5. The zero-order chi connectivity index (χ0) is 19.7. The van der Waals surface area contributed by atoms with Crippen molar-refractivity contribution < 1.29 is 0 Å².